The fraction of sp³-hybridized carbons (Fsp3) is 0.263. The Morgan fingerprint density at radius 3 is 1.92 bits per heavy atom. The molecule has 6 nitrogen and oxygen atoms in total. The Labute approximate surface area is 157 Å². The van der Waals surface area contributed by atoms with E-state index >= 15 is 0 Å². The first-order valence-electron chi connectivity index (χ1n) is 8.25. The largest absolute Gasteiger partial charge is 0.507 e. The molecule has 1 heterocycles. The van der Waals surface area contributed by atoms with Gasteiger partial charge >= 0.3 is 12.2 Å². The summed E-state index contributed by atoms with van der Waals surface area (Å²) in [5, 5.41) is 9.13. The summed E-state index contributed by atoms with van der Waals surface area (Å²) in [6, 6.07) is 18.3. The molecule has 0 spiro atoms. The van der Waals surface area contributed by atoms with E-state index < -0.39 is 18.4 Å². The average Bonchev–Trinajstić information content (AvgIpc) is 2.88. The van der Waals surface area contributed by atoms with Gasteiger partial charge in [-0.15, -0.1) is 0 Å². The van der Waals surface area contributed by atoms with Crippen LogP contribution >= 0.6 is 12.6 Å². The van der Waals surface area contributed by atoms with E-state index in [1.165, 1.54) is 4.90 Å². The molecule has 1 aliphatic heterocycles. The van der Waals surface area contributed by atoms with E-state index in [1.807, 2.05) is 60.7 Å². The highest BCUT2D eigenvalue weighted by Gasteiger charge is 2.47. The second-order valence-corrected chi connectivity index (χ2v) is 6.40. The van der Waals surface area contributed by atoms with Gasteiger partial charge in [-0.05, 0) is 11.1 Å². The van der Waals surface area contributed by atoms with E-state index in [1.54, 1.807) is 4.90 Å². The van der Waals surface area contributed by atoms with Crippen LogP contribution in [0.5, 0.6) is 0 Å². The Morgan fingerprint density at radius 1 is 0.962 bits per heavy atom. The van der Waals surface area contributed by atoms with E-state index in [9.17, 15) is 9.59 Å². The number of urea groups is 1. The number of ether oxygens (including phenoxy) is 1. The molecule has 1 fully saturated rings. The van der Waals surface area contributed by atoms with Crippen molar-refractivity contribution in [1.82, 2.24) is 9.80 Å². The summed E-state index contributed by atoms with van der Waals surface area (Å²) in [6.45, 7) is 0.642. The van der Waals surface area contributed by atoms with E-state index in [0.29, 0.717) is 12.3 Å². The molecule has 1 aliphatic rings. The molecule has 3 rings (SSSR count). The molecule has 0 unspecified atom stereocenters. The molecule has 2 amide bonds. The lowest BCUT2D eigenvalue weighted by atomic mass is 10.2. The number of hydrogen-bond donors (Lipinski definition) is 2. The van der Waals surface area contributed by atoms with Crippen molar-refractivity contribution in [2.45, 2.75) is 25.4 Å². The Balaban J connectivity index is 1.88. The summed E-state index contributed by atoms with van der Waals surface area (Å²) in [5.41, 5.74) is 1.86. The van der Waals surface area contributed by atoms with Crippen LogP contribution in [0.25, 0.3) is 0 Å². The zero-order chi connectivity index (χ0) is 18.5. The number of carbonyl (C=O) groups is 2. The molecule has 2 atom stereocenters. The van der Waals surface area contributed by atoms with Crippen molar-refractivity contribution in [1.29, 1.82) is 0 Å². The Bertz CT molecular complexity index is 757. The van der Waals surface area contributed by atoms with Crippen molar-refractivity contribution >= 4 is 24.8 Å². The minimum Gasteiger partial charge on any atom is -0.450 e. The van der Waals surface area contributed by atoms with Crippen LogP contribution in [0.2, 0.25) is 0 Å². The lowest BCUT2D eigenvalue weighted by Crippen LogP contribution is -2.41. The first-order chi connectivity index (χ1) is 12.6. The summed E-state index contributed by atoms with van der Waals surface area (Å²) in [6.07, 6.45) is -2.31. The third-order valence-electron chi connectivity index (χ3n) is 4.33. The second kappa shape index (κ2) is 8.14. The maximum atomic E-state index is 13.0. The molecular formula is C19H20N2O4S. The zero-order valence-corrected chi connectivity index (χ0v) is 15.0. The van der Waals surface area contributed by atoms with Crippen LogP contribution in [-0.4, -0.2) is 45.1 Å². The van der Waals surface area contributed by atoms with Gasteiger partial charge in [0.25, 0.3) is 0 Å². The second-order valence-electron chi connectivity index (χ2n) is 6.03. The molecular weight excluding hydrogens is 352 g/mol. The summed E-state index contributed by atoms with van der Waals surface area (Å²) >= 11 is 4.34. The average molecular weight is 372 g/mol. The first kappa shape index (κ1) is 18.1. The third kappa shape index (κ3) is 3.94. The molecule has 0 bridgehead atoms. The van der Waals surface area contributed by atoms with Gasteiger partial charge in [0.1, 0.15) is 0 Å². The Kier molecular flexibility index (Phi) is 5.68. The van der Waals surface area contributed by atoms with Crippen LogP contribution in [0, 0.1) is 0 Å². The number of amides is 2. The van der Waals surface area contributed by atoms with E-state index in [4.69, 9.17) is 9.84 Å². The van der Waals surface area contributed by atoms with Crippen LogP contribution < -0.4 is 0 Å². The predicted molar refractivity (Wildman–Crippen MR) is 99.9 cm³/mol. The van der Waals surface area contributed by atoms with Gasteiger partial charge < -0.3 is 14.7 Å². The van der Waals surface area contributed by atoms with Gasteiger partial charge in [0.2, 0.25) is 6.23 Å². The van der Waals surface area contributed by atoms with Crippen LogP contribution in [0.3, 0.4) is 0 Å². The number of carboxylic acid groups (broad SMARTS) is 1. The smallest absolute Gasteiger partial charge is 0.450 e. The molecule has 7 heteroatoms. The van der Waals surface area contributed by atoms with Crippen LogP contribution in [0.15, 0.2) is 60.7 Å². The number of nitrogens with zero attached hydrogens (tertiary/aromatic N) is 2. The third-order valence-corrected chi connectivity index (χ3v) is 4.70. The molecule has 136 valence electrons. The van der Waals surface area contributed by atoms with Crippen molar-refractivity contribution in [3.8, 4) is 0 Å². The number of hydrogen-bond acceptors (Lipinski definition) is 4. The Morgan fingerprint density at radius 2 is 1.46 bits per heavy atom. The minimum atomic E-state index is -1.41. The summed E-state index contributed by atoms with van der Waals surface area (Å²) in [7, 11) is 0. The van der Waals surface area contributed by atoms with Crippen LogP contribution in [0.4, 0.5) is 9.59 Å². The van der Waals surface area contributed by atoms with Gasteiger partial charge in [-0.1, -0.05) is 60.7 Å². The van der Waals surface area contributed by atoms with Crippen molar-refractivity contribution in [3.63, 3.8) is 0 Å². The lowest BCUT2D eigenvalue weighted by molar-refractivity contribution is -0.0161. The number of benzene rings is 2. The van der Waals surface area contributed by atoms with Gasteiger partial charge in [0.15, 0.2) is 0 Å². The highest BCUT2D eigenvalue weighted by molar-refractivity contribution is 7.80. The van der Waals surface area contributed by atoms with Crippen molar-refractivity contribution in [3.05, 3.63) is 71.8 Å². The maximum Gasteiger partial charge on any atom is 0.507 e. The highest BCUT2D eigenvalue weighted by atomic mass is 32.1. The number of rotatable bonds is 6. The van der Waals surface area contributed by atoms with Gasteiger partial charge in [-0.25, -0.2) is 9.59 Å². The molecule has 0 saturated carbocycles. The molecule has 26 heavy (non-hydrogen) atoms. The van der Waals surface area contributed by atoms with E-state index in [0.717, 1.165) is 11.1 Å². The summed E-state index contributed by atoms with van der Waals surface area (Å²) < 4.78 is 5.07. The van der Waals surface area contributed by atoms with Gasteiger partial charge in [-0.3, -0.25) is 4.90 Å². The van der Waals surface area contributed by atoms with Crippen molar-refractivity contribution in [2.75, 3.05) is 5.75 Å². The molecule has 0 aromatic heterocycles. The zero-order valence-electron chi connectivity index (χ0n) is 14.1. The fourth-order valence-electron chi connectivity index (χ4n) is 3.11. The van der Waals surface area contributed by atoms with Gasteiger partial charge in [0.05, 0.1) is 12.6 Å². The van der Waals surface area contributed by atoms with Gasteiger partial charge in [-0.2, -0.15) is 12.6 Å². The molecule has 1 N–H and O–H groups in total. The molecule has 2 aromatic rings. The molecule has 2 aromatic carbocycles. The standard InChI is InChI=1S/C19H20N2O4S/c22-18-20(11-14-7-3-1-4-8-14)16(13-26)17(25-19(23)24)21(18)12-15-9-5-2-6-10-15/h1-10,16-17,26H,11-13H2,(H,23,24)/t16-,17+/m0/s1. The topological polar surface area (TPSA) is 70.1 Å². The van der Waals surface area contributed by atoms with Crippen molar-refractivity contribution < 1.29 is 19.4 Å². The summed E-state index contributed by atoms with van der Waals surface area (Å²) in [4.78, 5) is 27.3. The highest BCUT2D eigenvalue weighted by Crippen LogP contribution is 2.29. The van der Waals surface area contributed by atoms with Crippen LogP contribution in [-0.2, 0) is 17.8 Å². The van der Waals surface area contributed by atoms with Crippen molar-refractivity contribution in [2.24, 2.45) is 0 Å². The fourth-order valence-corrected chi connectivity index (χ4v) is 3.49. The van der Waals surface area contributed by atoms with Gasteiger partial charge in [0, 0.05) is 12.3 Å². The monoisotopic (exact) mass is 372 g/mol. The lowest BCUT2D eigenvalue weighted by Gasteiger charge is -2.25. The maximum absolute atomic E-state index is 13.0. The van der Waals surface area contributed by atoms with E-state index in [2.05, 4.69) is 12.6 Å². The SMILES string of the molecule is O=C(O)O[C@@H]1[C@H](CS)N(Cc2ccccc2)C(=O)N1Cc1ccccc1. The molecule has 0 aliphatic carbocycles. The van der Waals surface area contributed by atoms with E-state index in [-0.39, 0.29) is 12.6 Å². The minimum absolute atomic E-state index is 0.261. The normalized spacial score (nSPS) is 19.7. The number of thiol groups is 1. The predicted octanol–water partition coefficient (Wildman–Crippen LogP) is 3.44. The molecule has 1 saturated heterocycles. The number of carbonyl (C=O) groups excluding carboxylic acids is 1. The summed E-state index contributed by atoms with van der Waals surface area (Å²) in [5.74, 6) is 0.293. The molecule has 0 radical (unpaired) electrons. The first-order valence-corrected chi connectivity index (χ1v) is 8.89. The quantitative estimate of drug-likeness (QED) is 0.602. The Hall–Kier alpha value is -2.67. The van der Waals surface area contributed by atoms with Crippen LogP contribution in [0.1, 0.15) is 11.1 Å².